The van der Waals surface area contributed by atoms with Gasteiger partial charge in [0.2, 0.25) is 5.43 Å². The Bertz CT molecular complexity index is 1280. The van der Waals surface area contributed by atoms with Crippen molar-refractivity contribution < 1.29 is 0 Å². The summed E-state index contributed by atoms with van der Waals surface area (Å²) in [5.74, 6) is 0.133. The lowest BCUT2D eigenvalue weighted by Gasteiger charge is -2.20. The third-order valence-electron chi connectivity index (χ3n) is 5.23. The number of aromatic nitrogens is 2. The first-order chi connectivity index (χ1) is 13.5. The zero-order valence-electron chi connectivity index (χ0n) is 16.5. The van der Waals surface area contributed by atoms with E-state index in [-0.39, 0.29) is 22.3 Å². The first-order valence-electron chi connectivity index (χ1n) is 9.81. The summed E-state index contributed by atoms with van der Waals surface area (Å²) in [6.07, 6.45) is 0.917. The molecular formula is C24H24N2O2. The summed E-state index contributed by atoms with van der Waals surface area (Å²) < 4.78 is 3.81. The molecule has 2 aromatic carbocycles. The van der Waals surface area contributed by atoms with Crippen LogP contribution in [0.25, 0.3) is 27.5 Å². The number of benzene rings is 2. The predicted molar refractivity (Wildman–Crippen MR) is 116 cm³/mol. The van der Waals surface area contributed by atoms with Gasteiger partial charge in [-0.05, 0) is 42.7 Å². The molecule has 0 saturated heterocycles. The van der Waals surface area contributed by atoms with Gasteiger partial charge in [0.1, 0.15) is 5.39 Å². The summed E-state index contributed by atoms with van der Waals surface area (Å²) in [4.78, 5) is 26.9. The molecule has 0 amide bonds. The van der Waals surface area contributed by atoms with Crippen molar-refractivity contribution in [2.45, 2.75) is 39.7 Å². The van der Waals surface area contributed by atoms with Gasteiger partial charge in [-0.15, -0.1) is 0 Å². The van der Waals surface area contributed by atoms with Crippen LogP contribution in [0.4, 0.5) is 0 Å². The molecule has 0 spiro atoms. The first-order valence-corrected chi connectivity index (χ1v) is 9.81. The monoisotopic (exact) mass is 372 g/mol. The van der Waals surface area contributed by atoms with E-state index in [1.807, 2.05) is 60.7 Å². The lowest BCUT2D eigenvalue weighted by Crippen LogP contribution is -2.28. The molecule has 0 saturated carbocycles. The Balaban J connectivity index is 2.26. The fraction of sp³-hybridized carbons (Fsp3) is 0.250. The van der Waals surface area contributed by atoms with Crippen molar-refractivity contribution in [3.8, 4) is 5.69 Å². The van der Waals surface area contributed by atoms with Gasteiger partial charge in [0, 0.05) is 23.3 Å². The molecule has 0 aliphatic rings. The van der Waals surface area contributed by atoms with E-state index in [4.69, 9.17) is 0 Å². The molecule has 0 N–H and O–H groups in total. The van der Waals surface area contributed by atoms with E-state index in [1.54, 1.807) is 4.57 Å². The summed E-state index contributed by atoms with van der Waals surface area (Å²) in [5, 5.41) is 0.859. The van der Waals surface area contributed by atoms with Crippen LogP contribution >= 0.6 is 0 Å². The summed E-state index contributed by atoms with van der Waals surface area (Å²) in [6, 6.07) is 19.1. The third kappa shape index (κ3) is 2.76. The van der Waals surface area contributed by atoms with E-state index in [1.165, 1.54) is 0 Å². The Morgan fingerprint density at radius 1 is 0.893 bits per heavy atom. The number of rotatable bonds is 4. The maximum atomic E-state index is 13.6. The van der Waals surface area contributed by atoms with E-state index < -0.39 is 0 Å². The van der Waals surface area contributed by atoms with Crippen molar-refractivity contribution >= 4 is 21.8 Å². The molecule has 0 radical (unpaired) electrons. The normalized spacial score (nSPS) is 11.6. The Hall–Kier alpha value is -3.14. The Morgan fingerprint density at radius 3 is 2.25 bits per heavy atom. The highest BCUT2D eigenvalue weighted by Gasteiger charge is 2.19. The van der Waals surface area contributed by atoms with Crippen molar-refractivity contribution in [2.24, 2.45) is 0 Å². The molecule has 142 valence electrons. The second-order valence-corrected chi connectivity index (χ2v) is 7.46. The van der Waals surface area contributed by atoms with Crippen LogP contribution in [-0.2, 0) is 6.54 Å². The van der Waals surface area contributed by atoms with Crippen LogP contribution in [0.2, 0.25) is 0 Å². The highest BCUT2D eigenvalue weighted by Crippen LogP contribution is 2.24. The van der Waals surface area contributed by atoms with Crippen LogP contribution in [0.1, 0.15) is 38.8 Å². The smallest absolute Gasteiger partial charge is 0.268 e. The quantitative estimate of drug-likeness (QED) is 0.481. The zero-order chi connectivity index (χ0) is 19.8. The average Bonchev–Trinajstić information content (AvgIpc) is 2.71. The van der Waals surface area contributed by atoms with Crippen LogP contribution in [0.15, 0.2) is 70.3 Å². The lowest BCUT2D eigenvalue weighted by molar-refractivity contribution is 0.713. The number of nitrogens with zero attached hydrogens (tertiary/aromatic N) is 2. The fourth-order valence-electron chi connectivity index (χ4n) is 3.94. The second kappa shape index (κ2) is 7.12. The summed E-state index contributed by atoms with van der Waals surface area (Å²) in [5.41, 5.74) is 2.87. The molecule has 0 fully saturated rings. The number of hydrogen-bond donors (Lipinski definition) is 0. The van der Waals surface area contributed by atoms with Gasteiger partial charge in [-0.25, -0.2) is 0 Å². The van der Waals surface area contributed by atoms with Crippen LogP contribution in [-0.4, -0.2) is 9.13 Å². The summed E-state index contributed by atoms with van der Waals surface area (Å²) >= 11 is 0. The molecule has 4 aromatic rings. The van der Waals surface area contributed by atoms with Crippen LogP contribution in [0.5, 0.6) is 0 Å². The van der Waals surface area contributed by atoms with E-state index in [0.29, 0.717) is 5.39 Å². The summed E-state index contributed by atoms with van der Waals surface area (Å²) in [6.45, 7) is 7.00. The molecule has 2 aromatic heterocycles. The molecule has 28 heavy (non-hydrogen) atoms. The van der Waals surface area contributed by atoms with E-state index in [0.717, 1.165) is 35.4 Å². The van der Waals surface area contributed by atoms with Crippen LogP contribution in [0.3, 0.4) is 0 Å². The van der Waals surface area contributed by atoms with Crippen molar-refractivity contribution in [2.75, 3.05) is 0 Å². The van der Waals surface area contributed by atoms with Gasteiger partial charge in [0.05, 0.1) is 11.0 Å². The van der Waals surface area contributed by atoms with Gasteiger partial charge in [0.25, 0.3) is 5.56 Å². The molecule has 4 heteroatoms. The maximum Gasteiger partial charge on any atom is 0.268 e. The van der Waals surface area contributed by atoms with Crippen LogP contribution < -0.4 is 11.0 Å². The maximum absolute atomic E-state index is 13.6. The number of para-hydroxylation sites is 2. The van der Waals surface area contributed by atoms with Gasteiger partial charge < -0.3 is 4.57 Å². The Labute approximate surface area is 163 Å². The minimum Gasteiger partial charge on any atom is -0.340 e. The van der Waals surface area contributed by atoms with Gasteiger partial charge in [-0.2, -0.15) is 0 Å². The number of hydrogen-bond acceptors (Lipinski definition) is 2. The van der Waals surface area contributed by atoms with Crippen molar-refractivity contribution in [1.82, 2.24) is 9.13 Å². The molecule has 0 unspecified atom stereocenters. The zero-order valence-corrected chi connectivity index (χ0v) is 16.5. The van der Waals surface area contributed by atoms with Crippen LogP contribution in [0, 0.1) is 0 Å². The molecule has 4 nitrogen and oxygen atoms in total. The molecule has 2 heterocycles. The predicted octanol–water partition coefficient (Wildman–Crippen LogP) is 4.84. The highest BCUT2D eigenvalue weighted by molar-refractivity contribution is 5.93. The first kappa shape index (κ1) is 18.2. The van der Waals surface area contributed by atoms with Gasteiger partial charge >= 0.3 is 0 Å². The number of aryl methyl sites for hydroxylation is 1. The molecule has 0 aliphatic heterocycles. The lowest BCUT2D eigenvalue weighted by atomic mass is 10.0. The van der Waals surface area contributed by atoms with Gasteiger partial charge in [0.15, 0.2) is 0 Å². The largest absolute Gasteiger partial charge is 0.340 e. The van der Waals surface area contributed by atoms with Crippen molar-refractivity contribution in [1.29, 1.82) is 0 Å². The minimum atomic E-state index is -0.243. The fourth-order valence-corrected chi connectivity index (χ4v) is 3.94. The molecule has 4 rings (SSSR count). The molecule has 0 bridgehead atoms. The minimum absolute atomic E-state index is 0.133. The standard InChI is InChI=1S/C24H24N2O2/c1-4-14-25-19-13-9-8-12-18(19)23(27)22-21(25)15-20(16(2)3)26(24(22)28)17-10-6-5-7-11-17/h5-13,15-16H,4,14H2,1-3H3. The number of fused-ring (bicyclic) bond motifs is 2. The SMILES string of the molecule is CCCn1c2ccccc2c(=O)c2c(=O)n(-c3ccccc3)c(C(C)C)cc21. The van der Waals surface area contributed by atoms with E-state index in [9.17, 15) is 9.59 Å². The molecular weight excluding hydrogens is 348 g/mol. The molecule has 0 atom stereocenters. The number of pyridine rings is 2. The molecule has 0 aliphatic carbocycles. The third-order valence-corrected chi connectivity index (χ3v) is 5.23. The highest BCUT2D eigenvalue weighted by atomic mass is 16.1. The van der Waals surface area contributed by atoms with Crippen molar-refractivity contribution in [3.05, 3.63) is 86.9 Å². The van der Waals surface area contributed by atoms with Crippen molar-refractivity contribution in [3.63, 3.8) is 0 Å². The van der Waals surface area contributed by atoms with Gasteiger partial charge in [-0.3, -0.25) is 14.2 Å². The Morgan fingerprint density at radius 2 is 1.57 bits per heavy atom. The summed E-state index contributed by atoms with van der Waals surface area (Å²) in [7, 11) is 0. The van der Waals surface area contributed by atoms with Gasteiger partial charge in [-0.1, -0.05) is 51.1 Å². The van der Waals surface area contributed by atoms with E-state index in [2.05, 4.69) is 25.3 Å². The Kier molecular flexibility index (Phi) is 4.63. The second-order valence-electron chi connectivity index (χ2n) is 7.46. The van der Waals surface area contributed by atoms with E-state index >= 15 is 0 Å². The average molecular weight is 372 g/mol. The topological polar surface area (TPSA) is 44.0 Å².